The van der Waals surface area contributed by atoms with E-state index >= 15 is 0 Å². The van der Waals surface area contributed by atoms with Crippen LogP contribution in [0, 0.1) is 0 Å². The van der Waals surface area contributed by atoms with Crippen molar-refractivity contribution in [2.24, 2.45) is 0 Å². The smallest absolute Gasteiger partial charge is 0.246 e. The van der Waals surface area contributed by atoms with Crippen LogP contribution in [0.15, 0.2) is 12.7 Å². The van der Waals surface area contributed by atoms with Crippen LogP contribution in [-0.4, -0.2) is 48.8 Å². The van der Waals surface area contributed by atoms with Gasteiger partial charge in [0, 0.05) is 20.6 Å². The Morgan fingerprint density at radius 3 is 2.23 bits per heavy atom. The monoisotopic (exact) mass is 184 g/mol. The average Bonchev–Trinajstić information content (AvgIpc) is 2.12. The van der Waals surface area contributed by atoms with E-state index in [2.05, 4.69) is 6.58 Å². The maximum absolute atomic E-state index is 11.2. The SMILES string of the molecule is C=CC(=O)N(CC)CC(=O)N(C)C. The molecule has 0 radical (unpaired) electrons. The average molecular weight is 184 g/mol. The molecule has 0 aliphatic heterocycles. The number of likely N-dealkylation sites (N-methyl/N-ethyl adjacent to an activating group) is 2. The summed E-state index contributed by atoms with van der Waals surface area (Å²) in [6.07, 6.45) is 1.21. The molecule has 0 aromatic carbocycles. The van der Waals surface area contributed by atoms with E-state index < -0.39 is 0 Å². The molecule has 0 bridgehead atoms. The molecule has 0 aliphatic carbocycles. The Kier molecular flexibility index (Phi) is 4.80. The summed E-state index contributed by atoms with van der Waals surface area (Å²) in [6.45, 7) is 5.83. The first-order valence-electron chi connectivity index (χ1n) is 4.14. The Hall–Kier alpha value is -1.32. The Bertz CT molecular complexity index is 212. The van der Waals surface area contributed by atoms with Gasteiger partial charge < -0.3 is 9.80 Å². The highest BCUT2D eigenvalue weighted by Gasteiger charge is 2.13. The maximum atomic E-state index is 11.2. The summed E-state index contributed by atoms with van der Waals surface area (Å²) in [5.41, 5.74) is 0. The van der Waals surface area contributed by atoms with E-state index in [-0.39, 0.29) is 18.4 Å². The van der Waals surface area contributed by atoms with Crippen molar-refractivity contribution in [3.8, 4) is 0 Å². The third-order valence-corrected chi connectivity index (χ3v) is 1.69. The summed E-state index contributed by atoms with van der Waals surface area (Å²) in [4.78, 5) is 25.3. The van der Waals surface area contributed by atoms with Gasteiger partial charge in [-0.1, -0.05) is 6.58 Å². The molecule has 4 nitrogen and oxygen atoms in total. The number of hydrogen-bond acceptors (Lipinski definition) is 2. The lowest BCUT2D eigenvalue weighted by Crippen LogP contribution is -2.39. The minimum absolute atomic E-state index is 0.0861. The highest BCUT2D eigenvalue weighted by Crippen LogP contribution is 1.92. The molecule has 0 N–H and O–H groups in total. The molecule has 2 amide bonds. The van der Waals surface area contributed by atoms with Crippen molar-refractivity contribution < 1.29 is 9.59 Å². The summed E-state index contributed by atoms with van der Waals surface area (Å²) in [5, 5.41) is 0. The minimum Gasteiger partial charge on any atom is -0.347 e. The van der Waals surface area contributed by atoms with Gasteiger partial charge in [0.25, 0.3) is 0 Å². The van der Waals surface area contributed by atoms with Crippen LogP contribution < -0.4 is 0 Å². The largest absolute Gasteiger partial charge is 0.347 e. The number of hydrogen-bond donors (Lipinski definition) is 0. The van der Waals surface area contributed by atoms with E-state index in [4.69, 9.17) is 0 Å². The Morgan fingerprint density at radius 2 is 1.92 bits per heavy atom. The van der Waals surface area contributed by atoms with Gasteiger partial charge in [-0.3, -0.25) is 9.59 Å². The van der Waals surface area contributed by atoms with Crippen molar-refractivity contribution in [1.82, 2.24) is 9.80 Å². The molecule has 0 rings (SSSR count). The predicted molar refractivity (Wildman–Crippen MR) is 51.1 cm³/mol. The second-order valence-electron chi connectivity index (χ2n) is 2.84. The maximum Gasteiger partial charge on any atom is 0.246 e. The van der Waals surface area contributed by atoms with Crippen LogP contribution >= 0.6 is 0 Å². The molecule has 13 heavy (non-hydrogen) atoms. The fraction of sp³-hybridized carbons (Fsp3) is 0.556. The fourth-order valence-electron chi connectivity index (χ4n) is 0.779. The van der Waals surface area contributed by atoms with Gasteiger partial charge in [0.2, 0.25) is 11.8 Å². The number of nitrogens with zero attached hydrogens (tertiary/aromatic N) is 2. The van der Waals surface area contributed by atoms with Crippen LogP contribution in [0.3, 0.4) is 0 Å². The third kappa shape index (κ3) is 3.73. The molecule has 0 unspecified atom stereocenters. The van der Waals surface area contributed by atoms with Crippen molar-refractivity contribution in [1.29, 1.82) is 0 Å². The van der Waals surface area contributed by atoms with E-state index in [1.54, 1.807) is 14.1 Å². The van der Waals surface area contributed by atoms with Crippen LogP contribution in [0.25, 0.3) is 0 Å². The number of rotatable bonds is 4. The first kappa shape index (κ1) is 11.7. The molecule has 0 aromatic rings. The van der Waals surface area contributed by atoms with E-state index in [1.807, 2.05) is 6.92 Å². The van der Waals surface area contributed by atoms with Gasteiger partial charge in [0.15, 0.2) is 0 Å². The summed E-state index contributed by atoms with van der Waals surface area (Å²) in [7, 11) is 3.32. The van der Waals surface area contributed by atoms with Crippen molar-refractivity contribution in [2.45, 2.75) is 6.92 Å². The lowest BCUT2D eigenvalue weighted by molar-refractivity contribution is -0.136. The summed E-state index contributed by atoms with van der Waals surface area (Å²) < 4.78 is 0. The lowest BCUT2D eigenvalue weighted by Gasteiger charge is -2.20. The van der Waals surface area contributed by atoms with Crippen LogP contribution in [0.4, 0.5) is 0 Å². The van der Waals surface area contributed by atoms with Crippen molar-refractivity contribution in [3.05, 3.63) is 12.7 Å². The van der Waals surface area contributed by atoms with Crippen LogP contribution in [-0.2, 0) is 9.59 Å². The zero-order valence-corrected chi connectivity index (χ0v) is 8.41. The van der Waals surface area contributed by atoms with Crippen LogP contribution in [0.2, 0.25) is 0 Å². The quantitative estimate of drug-likeness (QED) is 0.582. The normalized spacial score (nSPS) is 9.15. The molecule has 0 spiro atoms. The minimum atomic E-state index is -0.210. The molecular weight excluding hydrogens is 168 g/mol. The molecule has 0 aliphatic rings. The molecule has 0 fully saturated rings. The molecule has 4 heteroatoms. The molecular formula is C9H16N2O2. The van der Waals surface area contributed by atoms with Gasteiger partial charge in [-0.2, -0.15) is 0 Å². The molecule has 0 saturated carbocycles. The molecule has 0 heterocycles. The molecule has 0 atom stereocenters. The van der Waals surface area contributed by atoms with Crippen LogP contribution in [0.5, 0.6) is 0 Å². The molecule has 74 valence electrons. The Morgan fingerprint density at radius 1 is 1.38 bits per heavy atom. The summed E-state index contributed by atoms with van der Waals surface area (Å²) in [5.74, 6) is -0.297. The standard InChI is InChI=1S/C9H16N2O2/c1-5-8(12)11(6-2)7-9(13)10(3)4/h5H,1,6-7H2,2-4H3. The second kappa shape index (κ2) is 5.35. The van der Waals surface area contributed by atoms with Crippen molar-refractivity contribution in [3.63, 3.8) is 0 Å². The summed E-state index contributed by atoms with van der Waals surface area (Å²) >= 11 is 0. The van der Waals surface area contributed by atoms with E-state index in [9.17, 15) is 9.59 Å². The predicted octanol–water partition coefficient (Wildman–Crippen LogP) is 0.109. The Balaban J connectivity index is 4.21. The van der Waals surface area contributed by atoms with E-state index in [1.165, 1.54) is 15.9 Å². The highest BCUT2D eigenvalue weighted by molar-refractivity contribution is 5.90. The summed E-state index contributed by atoms with van der Waals surface area (Å²) in [6, 6.07) is 0. The third-order valence-electron chi connectivity index (χ3n) is 1.69. The second-order valence-corrected chi connectivity index (χ2v) is 2.84. The molecule has 0 saturated heterocycles. The van der Waals surface area contributed by atoms with Crippen molar-refractivity contribution >= 4 is 11.8 Å². The number of carbonyl (C=O) groups is 2. The first-order valence-corrected chi connectivity index (χ1v) is 4.14. The van der Waals surface area contributed by atoms with Gasteiger partial charge in [-0.15, -0.1) is 0 Å². The number of amides is 2. The first-order chi connectivity index (χ1) is 6.02. The topological polar surface area (TPSA) is 40.6 Å². The van der Waals surface area contributed by atoms with Crippen LogP contribution in [0.1, 0.15) is 6.92 Å². The zero-order chi connectivity index (χ0) is 10.4. The van der Waals surface area contributed by atoms with Gasteiger partial charge in [-0.05, 0) is 13.0 Å². The highest BCUT2D eigenvalue weighted by atomic mass is 16.2. The van der Waals surface area contributed by atoms with Gasteiger partial charge in [0.05, 0.1) is 6.54 Å². The van der Waals surface area contributed by atoms with Gasteiger partial charge in [0.1, 0.15) is 0 Å². The van der Waals surface area contributed by atoms with Crippen molar-refractivity contribution in [2.75, 3.05) is 27.2 Å². The van der Waals surface area contributed by atoms with E-state index in [0.29, 0.717) is 6.54 Å². The fourth-order valence-corrected chi connectivity index (χ4v) is 0.779. The lowest BCUT2D eigenvalue weighted by atomic mass is 10.4. The van der Waals surface area contributed by atoms with Gasteiger partial charge in [-0.25, -0.2) is 0 Å². The Labute approximate surface area is 78.8 Å². The zero-order valence-electron chi connectivity index (χ0n) is 8.41. The number of carbonyl (C=O) groups excluding carboxylic acids is 2. The van der Waals surface area contributed by atoms with E-state index in [0.717, 1.165) is 0 Å². The van der Waals surface area contributed by atoms with Gasteiger partial charge >= 0.3 is 0 Å². The molecule has 0 aromatic heterocycles.